The Morgan fingerprint density at radius 2 is 2.21 bits per heavy atom. The van der Waals surface area contributed by atoms with Crippen LogP contribution in [0, 0.1) is 0 Å². The van der Waals surface area contributed by atoms with Gasteiger partial charge in [-0.25, -0.2) is 0 Å². The molecule has 1 N–H and O–H groups in total. The molecule has 3 heteroatoms. The van der Waals surface area contributed by atoms with Crippen LogP contribution in [0.15, 0.2) is 0 Å². The molecule has 0 aromatic rings. The first-order chi connectivity index (χ1) is 6.61. The minimum Gasteiger partial charge on any atom is -0.480 e. The summed E-state index contributed by atoms with van der Waals surface area (Å²) in [6.45, 7) is 5.88. The molecule has 3 nitrogen and oxygen atoms in total. The summed E-state index contributed by atoms with van der Waals surface area (Å²) < 4.78 is 0. The minimum absolute atomic E-state index is 0.604. The number of hydrogen-bond donors (Lipinski definition) is 1. The van der Waals surface area contributed by atoms with E-state index in [0.717, 1.165) is 45.2 Å². The standard InChI is InChI=1S/C11H21NO2/c1-3-4-8-12-9-6-5-7-11(12,2)10(13)14/h3-9H2,1-2H3,(H,13,14). The second-order valence-electron chi connectivity index (χ2n) is 4.38. The Hall–Kier alpha value is -0.570. The number of piperidine rings is 1. The van der Waals surface area contributed by atoms with Gasteiger partial charge in [0, 0.05) is 0 Å². The van der Waals surface area contributed by atoms with Gasteiger partial charge in [0.1, 0.15) is 5.54 Å². The predicted octanol–water partition coefficient (Wildman–Crippen LogP) is 2.12. The Morgan fingerprint density at radius 3 is 2.79 bits per heavy atom. The number of carbonyl (C=O) groups is 1. The number of hydrogen-bond acceptors (Lipinski definition) is 2. The maximum atomic E-state index is 11.2. The molecule has 1 fully saturated rings. The van der Waals surface area contributed by atoms with Gasteiger partial charge in [-0.3, -0.25) is 9.69 Å². The average molecular weight is 199 g/mol. The molecule has 0 spiro atoms. The molecular weight excluding hydrogens is 178 g/mol. The van der Waals surface area contributed by atoms with E-state index in [1.165, 1.54) is 0 Å². The average Bonchev–Trinajstić information content (AvgIpc) is 2.16. The van der Waals surface area contributed by atoms with Gasteiger partial charge < -0.3 is 5.11 Å². The molecule has 0 aromatic heterocycles. The van der Waals surface area contributed by atoms with Gasteiger partial charge in [0.15, 0.2) is 0 Å². The van der Waals surface area contributed by atoms with E-state index in [4.69, 9.17) is 0 Å². The van der Waals surface area contributed by atoms with Crippen molar-refractivity contribution in [3.05, 3.63) is 0 Å². The van der Waals surface area contributed by atoms with Crippen LogP contribution in [0.1, 0.15) is 46.0 Å². The monoisotopic (exact) mass is 199 g/mol. The van der Waals surface area contributed by atoms with Gasteiger partial charge in [-0.1, -0.05) is 13.3 Å². The highest BCUT2D eigenvalue weighted by Crippen LogP contribution is 2.28. The summed E-state index contributed by atoms with van der Waals surface area (Å²) in [5, 5.41) is 9.23. The molecule has 1 unspecified atom stereocenters. The fourth-order valence-corrected chi connectivity index (χ4v) is 2.13. The maximum absolute atomic E-state index is 11.2. The Balaban J connectivity index is 2.63. The van der Waals surface area contributed by atoms with Crippen molar-refractivity contribution >= 4 is 5.97 Å². The van der Waals surface area contributed by atoms with Crippen LogP contribution in [0.3, 0.4) is 0 Å². The van der Waals surface area contributed by atoms with E-state index < -0.39 is 11.5 Å². The van der Waals surface area contributed by atoms with Crippen molar-refractivity contribution in [1.29, 1.82) is 0 Å². The fraction of sp³-hybridized carbons (Fsp3) is 0.909. The Labute approximate surface area is 86.1 Å². The normalized spacial score (nSPS) is 29.0. The van der Waals surface area contributed by atoms with Crippen LogP contribution in [-0.2, 0) is 4.79 Å². The second kappa shape index (κ2) is 4.78. The van der Waals surface area contributed by atoms with Gasteiger partial charge in [0.2, 0.25) is 0 Å². The molecule has 0 aliphatic carbocycles. The largest absolute Gasteiger partial charge is 0.480 e. The van der Waals surface area contributed by atoms with E-state index in [9.17, 15) is 9.90 Å². The lowest BCUT2D eigenvalue weighted by Crippen LogP contribution is -2.55. The van der Waals surface area contributed by atoms with E-state index >= 15 is 0 Å². The number of carboxylic acid groups (broad SMARTS) is 1. The Kier molecular flexibility index (Phi) is 3.93. The van der Waals surface area contributed by atoms with Gasteiger partial charge in [-0.2, -0.15) is 0 Å². The third kappa shape index (κ3) is 2.27. The molecular formula is C11H21NO2. The minimum atomic E-state index is -0.659. The molecule has 1 aliphatic heterocycles. The van der Waals surface area contributed by atoms with Crippen LogP contribution in [0.5, 0.6) is 0 Å². The van der Waals surface area contributed by atoms with Crippen molar-refractivity contribution in [2.75, 3.05) is 13.1 Å². The quantitative estimate of drug-likeness (QED) is 0.754. The zero-order chi connectivity index (χ0) is 10.6. The molecule has 0 bridgehead atoms. The first-order valence-electron chi connectivity index (χ1n) is 5.59. The number of likely N-dealkylation sites (tertiary alicyclic amines) is 1. The molecule has 1 saturated heterocycles. The molecule has 82 valence electrons. The van der Waals surface area contributed by atoms with Crippen molar-refractivity contribution in [3.8, 4) is 0 Å². The Morgan fingerprint density at radius 1 is 1.50 bits per heavy atom. The predicted molar refractivity (Wildman–Crippen MR) is 56.4 cm³/mol. The van der Waals surface area contributed by atoms with Gasteiger partial charge >= 0.3 is 5.97 Å². The highest BCUT2D eigenvalue weighted by Gasteiger charge is 2.40. The molecule has 1 aliphatic rings. The lowest BCUT2D eigenvalue weighted by Gasteiger charge is -2.41. The first kappa shape index (κ1) is 11.5. The van der Waals surface area contributed by atoms with Crippen molar-refractivity contribution < 1.29 is 9.90 Å². The fourth-order valence-electron chi connectivity index (χ4n) is 2.13. The van der Waals surface area contributed by atoms with E-state index in [0.29, 0.717) is 0 Å². The molecule has 14 heavy (non-hydrogen) atoms. The first-order valence-corrected chi connectivity index (χ1v) is 5.59. The third-order valence-corrected chi connectivity index (χ3v) is 3.28. The highest BCUT2D eigenvalue weighted by atomic mass is 16.4. The zero-order valence-corrected chi connectivity index (χ0v) is 9.25. The maximum Gasteiger partial charge on any atom is 0.323 e. The Bertz CT molecular complexity index is 205. The van der Waals surface area contributed by atoms with Crippen molar-refractivity contribution in [1.82, 2.24) is 4.90 Å². The molecule has 0 amide bonds. The third-order valence-electron chi connectivity index (χ3n) is 3.28. The molecule has 1 rings (SSSR count). The summed E-state index contributed by atoms with van der Waals surface area (Å²) in [5.41, 5.74) is -0.604. The number of carboxylic acids is 1. The van der Waals surface area contributed by atoms with Crippen LogP contribution in [-0.4, -0.2) is 34.6 Å². The summed E-state index contributed by atoms with van der Waals surface area (Å²) in [5.74, 6) is -0.659. The van der Waals surface area contributed by atoms with Gasteiger partial charge in [0.05, 0.1) is 0 Å². The summed E-state index contributed by atoms with van der Waals surface area (Å²) in [4.78, 5) is 13.3. The van der Waals surface area contributed by atoms with Crippen LogP contribution in [0.2, 0.25) is 0 Å². The van der Waals surface area contributed by atoms with Crippen molar-refractivity contribution in [2.45, 2.75) is 51.5 Å². The van der Waals surface area contributed by atoms with Crippen LogP contribution >= 0.6 is 0 Å². The molecule has 0 saturated carbocycles. The number of rotatable bonds is 4. The van der Waals surface area contributed by atoms with E-state index in [1.54, 1.807) is 0 Å². The lowest BCUT2D eigenvalue weighted by atomic mass is 9.88. The smallest absolute Gasteiger partial charge is 0.323 e. The molecule has 0 aromatic carbocycles. The van der Waals surface area contributed by atoms with Crippen molar-refractivity contribution in [3.63, 3.8) is 0 Å². The second-order valence-corrected chi connectivity index (χ2v) is 4.38. The summed E-state index contributed by atoms with van der Waals surface area (Å²) in [6, 6.07) is 0. The lowest BCUT2D eigenvalue weighted by molar-refractivity contribution is -0.152. The summed E-state index contributed by atoms with van der Waals surface area (Å²) in [6.07, 6.45) is 5.22. The highest BCUT2D eigenvalue weighted by molar-refractivity contribution is 5.78. The number of nitrogens with zero attached hydrogens (tertiary/aromatic N) is 1. The molecule has 1 atom stereocenters. The topological polar surface area (TPSA) is 40.5 Å². The van der Waals surface area contributed by atoms with Gasteiger partial charge in [0.25, 0.3) is 0 Å². The van der Waals surface area contributed by atoms with Crippen LogP contribution in [0.25, 0.3) is 0 Å². The SMILES string of the molecule is CCCCN1CCCCC1(C)C(=O)O. The van der Waals surface area contributed by atoms with Crippen LogP contribution in [0.4, 0.5) is 0 Å². The van der Waals surface area contributed by atoms with Gasteiger partial charge in [-0.05, 0) is 45.7 Å². The summed E-state index contributed by atoms with van der Waals surface area (Å²) in [7, 11) is 0. The van der Waals surface area contributed by atoms with E-state index in [1.807, 2.05) is 6.92 Å². The van der Waals surface area contributed by atoms with E-state index in [-0.39, 0.29) is 0 Å². The number of aliphatic carboxylic acids is 1. The van der Waals surface area contributed by atoms with E-state index in [2.05, 4.69) is 11.8 Å². The van der Waals surface area contributed by atoms with Gasteiger partial charge in [-0.15, -0.1) is 0 Å². The molecule has 1 heterocycles. The number of unbranched alkanes of at least 4 members (excludes halogenated alkanes) is 1. The molecule has 0 radical (unpaired) electrons. The van der Waals surface area contributed by atoms with Crippen molar-refractivity contribution in [2.24, 2.45) is 0 Å². The zero-order valence-electron chi connectivity index (χ0n) is 9.25. The van der Waals surface area contributed by atoms with Crippen LogP contribution < -0.4 is 0 Å². The summed E-state index contributed by atoms with van der Waals surface area (Å²) >= 11 is 0.